The maximum atomic E-state index is 12.3. The number of pyridine rings is 1. The number of nitriles is 1. The van der Waals surface area contributed by atoms with E-state index in [1.807, 2.05) is 6.07 Å². The van der Waals surface area contributed by atoms with Crippen molar-refractivity contribution < 1.29 is 14.6 Å². The molecule has 22 heavy (non-hydrogen) atoms. The van der Waals surface area contributed by atoms with E-state index in [4.69, 9.17) is 4.74 Å². The molecule has 6 heteroatoms. The topological polar surface area (TPSA) is 95.2 Å². The highest BCUT2D eigenvalue weighted by atomic mass is 16.5. The number of dihydropyridines is 1. The van der Waals surface area contributed by atoms with Crippen LogP contribution in [0.3, 0.4) is 0 Å². The Morgan fingerprint density at radius 2 is 2.45 bits per heavy atom. The van der Waals surface area contributed by atoms with Crippen LogP contribution in [0.15, 0.2) is 59.9 Å². The number of nitrogens with zero attached hydrogens (tertiary/aromatic N) is 2. The van der Waals surface area contributed by atoms with Crippen molar-refractivity contribution in [2.75, 3.05) is 6.61 Å². The van der Waals surface area contributed by atoms with Crippen molar-refractivity contribution in [2.45, 2.75) is 12.8 Å². The van der Waals surface area contributed by atoms with Gasteiger partial charge in [0.15, 0.2) is 0 Å². The summed E-state index contributed by atoms with van der Waals surface area (Å²) in [6, 6.07) is 5.38. The molecule has 0 bridgehead atoms. The van der Waals surface area contributed by atoms with Crippen LogP contribution in [0, 0.1) is 11.3 Å². The summed E-state index contributed by atoms with van der Waals surface area (Å²) < 4.78 is 5.09. The lowest BCUT2D eigenvalue weighted by molar-refractivity contribution is -0.138. The second kappa shape index (κ2) is 6.59. The second-order valence-corrected chi connectivity index (χ2v) is 4.64. The van der Waals surface area contributed by atoms with Crippen molar-refractivity contribution in [1.82, 2.24) is 10.3 Å². The molecular weight excluding hydrogens is 282 g/mol. The molecule has 1 aliphatic heterocycles. The molecule has 0 radical (unpaired) electrons. The van der Waals surface area contributed by atoms with Gasteiger partial charge in [0.05, 0.1) is 11.5 Å². The van der Waals surface area contributed by atoms with Gasteiger partial charge in [-0.15, -0.1) is 0 Å². The van der Waals surface area contributed by atoms with Gasteiger partial charge in [0.1, 0.15) is 18.2 Å². The number of aliphatic hydroxyl groups is 1. The van der Waals surface area contributed by atoms with E-state index >= 15 is 0 Å². The van der Waals surface area contributed by atoms with Gasteiger partial charge in [-0.2, -0.15) is 5.26 Å². The quantitative estimate of drug-likeness (QED) is 0.652. The number of carbonyl (C=O) groups excluding carboxylic acids is 1. The Bertz CT molecular complexity index is 699. The monoisotopic (exact) mass is 297 g/mol. The minimum atomic E-state index is -0.725. The van der Waals surface area contributed by atoms with Gasteiger partial charge in [0.2, 0.25) is 5.88 Å². The fraction of sp³-hybridized carbons (Fsp3) is 0.188. The second-order valence-electron chi connectivity index (χ2n) is 4.64. The molecule has 0 saturated heterocycles. The SMILES string of the molecule is C=CCOC(=O)C1=C(C)NC(O)=C(C#N)C1c1cccnc1. The predicted molar refractivity (Wildman–Crippen MR) is 79.2 cm³/mol. The first-order valence-electron chi connectivity index (χ1n) is 6.59. The van der Waals surface area contributed by atoms with E-state index in [1.54, 1.807) is 31.5 Å². The van der Waals surface area contributed by atoms with Gasteiger partial charge < -0.3 is 15.2 Å². The zero-order chi connectivity index (χ0) is 16.1. The van der Waals surface area contributed by atoms with Crippen LogP contribution in [0.5, 0.6) is 0 Å². The Morgan fingerprint density at radius 1 is 1.68 bits per heavy atom. The first-order chi connectivity index (χ1) is 10.6. The van der Waals surface area contributed by atoms with E-state index in [-0.39, 0.29) is 23.6 Å². The summed E-state index contributed by atoms with van der Waals surface area (Å²) in [6.45, 7) is 5.20. The number of aromatic nitrogens is 1. The Balaban J connectivity index is 2.53. The van der Waals surface area contributed by atoms with E-state index in [0.29, 0.717) is 11.3 Å². The average Bonchev–Trinajstić information content (AvgIpc) is 2.52. The third-order valence-electron chi connectivity index (χ3n) is 3.23. The first-order valence-corrected chi connectivity index (χ1v) is 6.59. The van der Waals surface area contributed by atoms with Crippen LogP contribution in [0.25, 0.3) is 0 Å². The van der Waals surface area contributed by atoms with Crippen molar-refractivity contribution in [1.29, 1.82) is 5.26 Å². The number of allylic oxidation sites excluding steroid dienone is 2. The molecule has 1 atom stereocenters. The van der Waals surface area contributed by atoms with E-state index in [1.165, 1.54) is 6.08 Å². The number of ether oxygens (including phenoxy) is 1. The lowest BCUT2D eigenvalue weighted by atomic mass is 9.83. The van der Waals surface area contributed by atoms with E-state index < -0.39 is 11.9 Å². The maximum Gasteiger partial charge on any atom is 0.337 e. The number of esters is 1. The first kappa shape index (κ1) is 15.3. The third-order valence-corrected chi connectivity index (χ3v) is 3.23. The summed E-state index contributed by atoms with van der Waals surface area (Å²) in [6.07, 6.45) is 4.60. The van der Waals surface area contributed by atoms with Crippen molar-refractivity contribution in [3.63, 3.8) is 0 Å². The van der Waals surface area contributed by atoms with Crippen LogP contribution >= 0.6 is 0 Å². The van der Waals surface area contributed by atoms with Gasteiger partial charge >= 0.3 is 5.97 Å². The Hall–Kier alpha value is -3.07. The highest BCUT2D eigenvalue weighted by Crippen LogP contribution is 2.37. The Morgan fingerprint density at radius 3 is 3.05 bits per heavy atom. The predicted octanol–water partition coefficient (Wildman–Crippen LogP) is 2.06. The van der Waals surface area contributed by atoms with Crippen LogP contribution in [-0.4, -0.2) is 22.7 Å². The van der Waals surface area contributed by atoms with Gasteiger partial charge in [-0.25, -0.2) is 4.79 Å². The average molecular weight is 297 g/mol. The molecule has 1 unspecified atom stereocenters. The largest absolute Gasteiger partial charge is 0.494 e. The summed E-state index contributed by atoms with van der Waals surface area (Å²) in [4.78, 5) is 16.3. The van der Waals surface area contributed by atoms with Gasteiger partial charge in [0.25, 0.3) is 0 Å². The summed E-state index contributed by atoms with van der Waals surface area (Å²) in [5, 5.41) is 21.9. The number of carbonyl (C=O) groups is 1. The Labute approximate surface area is 128 Å². The zero-order valence-corrected chi connectivity index (χ0v) is 12.0. The number of rotatable bonds is 4. The van der Waals surface area contributed by atoms with Crippen LogP contribution in [0.2, 0.25) is 0 Å². The molecule has 0 aliphatic carbocycles. The third kappa shape index (κ3) is 2.83. The Kier molecular flexibility index (Phi) is 4.59. The molecule has 2 rings (SSSR count). The van der Waals surface area contributed by atoms with Crippen LogP contribution in [0.4, 0.5) is 0 Å². The molecule has 0 fully saturated rings. The highest BCUT2D eigenvalue weighted by molar-refractivity contribution is 5.93. The molecular formula is C16H15N3O3. The molecule has 1 aromatic rings. The van der Waals surface area contributed by atoms with Gasteiger partial charge in [-0.3, -0.25) is 4.98 Å². The highest BCUT2D eigenvalue weighted by Gasteiger charge is 2.35. The molecule has 2 heterocycles. The normalized spacial score (nSPS) is 17.5. The number of hydrogen-bond acceptors (Lipinski definition) is 6. The summed E-state index contributed by atoms with van der Waals surface area (Å²) in [5.41, 5.74) is 1.37. The van der Waals surface area contributed by atoms with Crippen LogP contribution < -0.4 is 5.32 Å². The maximum absolute atomic E-state index is 12.3. The van der Waals surface area contributed by atoms with Gasteiger partial charge in [-0.1, -0.05) is 18.7 Å². The number of nitrogens with one attached hydrogen (secondary N) is 1. The molecule has 0 aromatic carbocycles. The minimum absolute atomic E-state index is 0.0455. The van der Waals surface area contributed by atoms with Crippen LogP contribution in [-0.2, 0) is 9.53 Å². The molecule has 1 aliphatic rings. The van der Waals surface area contributed by atoms with E-state index in [9.17, 15) is 15.2 Å². The van der Waals surface area contributed by atoms with E-state index in [0.717, 1.165) is 0 Å². The standard InChI is InChI=1S/C16H15N3O3/c1-3-7-22-16(21)13-10(2)19-15(20)12(8-17)14(13)11-5-4-6-18-9-11/h3-6,9,14,19-20H,1,7H2,2H3. The zero-order valence-electron chi connectivity index (χ0n) is 12.0. The fourth-order valence-electron chi connectivity index (χ4n) is 2.29. The van der Waals surface area contributed by atoms with Crippen molar-refractivity contribution in [2.24, 2.45) is 0 Å². The molecule has 1 aromatic heterocycles. The summed E-state index contributed by atoms with van der Waals surface area (Å²) in [5.74, 6) is -1.56. The molecule has 0 saturated carbocycles. The smallest absolute Gasteiger partial charge is 0.337 e. The van der Waals surface area contributed by atoms with Crippen molar-refractivity contribution in [3.05, 3.63) is 65.5 Å². The van der Waals surface area contributed by atoms with Crippen molar-refractivity contribution >= 4 is 5.97 Å². The number of hydrogen-bond donors (Lipinski definition) is 2. The minimum Gasteiger partial charge on any atom is -0.494 e. The summed E-state index contributed by atoms with van der Waals surface area (Å²) >= 11 is 0. The lowest BCUT2D eigenvalue weighted by Crippen LogP contribution is -2.29. The number of aliphatic hydroxyl groups excluding tert-OH is 1. The molecule has 0 amide bonds. The van der Waals surface area contributed by atoms with Gasteiger partial charge in [0, 0.05) is 18.1 Å². The van der Waals surface area contributed by atoms with Crippen molar-refractivity contribution in [3.8, 4) is 6.07 Å². The molecule has 6 nitrogen and oxygen atoms in total. The lowest BCUT2D eigenvalue weighted by Gasteiger charge is -2.26. The summed E-state index contributed by atoms with van der Waals surface area (Å²) in [7, 11) is 0. The molecule has 2 N–H and O–H groups in total. The molecule has 112 valence electrons. The molecule has 0 spiro atoms. The fourth-order valence-corrected chi connectivity index (χ4v) is 2.29. The van der Waals surface area contributed by atoms with Crippen LogP contribution in [0.1, 0.15) is 18.4 Å². The van der Waals surface area contributed by atoms with E-state index in [2.05, 4.69) is 16.9 Å². The van der Waals surface area contributed by atoms with Gasteiger partial charge in [-0.05, 0) is 18.6 Å².